The van der Waals surface area contributed by atoms with Gasteiger partial charge in [-0.1, -0.05) is 25.1 Å². The number of nitrogens with one attached hydrogen (secondary N) is 2. The van der Waals surface area contributed by atoms with Crippen molar-refractivity contribution in [3.8, 4) is 11.1 Å². The fourth-order valence-electron chi connectivity index (χ4n) is 2.95. The van der Waals surface area contributed by atoms with Gasteiger partial charge in [0.25, 0.3) is 5.91 Å². The van der Waals surface area contributed by atoms with Crippen molar-refractivity contribution in [2.75, 3.05) is 13.1 Å². The summed E-state index contributed by atoms with van der Waals surface area (Å²) in [5.41, 5.74) is 1.34. The number of benzene rings is 2. The third-order valence-corrected chi connectivity index (χ3v) is 4.54. The van der Waals surface area contributed by atoms with E-state index in [0.717, 1.165) is 13.0 Å². The Balaban J connectivity index is 0.00000225. The van der Waals surface area contributed by atoms with Gasteiger partial charge in [0.2, 0.25) is 0 Å². The van der Waals surface area contributed by atoms with Gasteiger partial charge >= 0.3 is 0 Å². The Kier molecular flexibility index (Phi) is 6.51. The smallest absolute Gasteiger partial charge is 0.254 e. The number of hydrogen-bond acceptors (Lipinski definition) is 2. The number of carbonyl (C=O) groups excluding carboxylic acids is 1. The molecule has 0 spiro atoms. The molecule has 25 heavy (non-hydrogen) atoms. The van der Waals surface area contributed by atoms with Gasteiger partial charge in [0.05, 0.1) is 5.56 Å². The van der Waals surface area contributed by atoms with Crippen LogP contribution in [0.25, 0.3) is 11.1 Å². The molecule has 1 fully saturated rings. The average Bonchev–Trinajstić information content (AvgIpc) is 2.57. The van der Waals surface area contributed by atoms with Gasteiger partial charge in [-0.3, -0.25) is 4.79 Å². The third-order valence-electron chi connectivity index (χ3n) is 4.54. The van der Waals surface area contributed by atoms with Crippen LogP contribution in [0.5, 0.6) is 0 Å². The summed E-state index contributed by atoms with van der Waals surface area (Å²) in [6, 6.07) is 10.3. The third kappa shape index (κ3) is 4.55. The minimum Gasteiger partial charge on any atom is -0.348 e. The molecule has 1 aliphatic heterocycles. The van der Waals surface area contributed by atoms with Gasteiger partial charge in [-0.25, -0.2) is 8.78 Å². The van der Waals surface area contributed by atoms with Crippen LogP contribution in [0.3, 0.4) is 0 Å². The predicted molar refractivity (Wildman–Crippen MR) is 96.9 cm³/mol. The molecule has 1 saturated heterocycles. The van der Waals surface area contributed by atoms with E-state index in [1.165, 1.54) is 24.3 Å². The number of amides is 1. The Hall–Kier alpha value is -1.98. The number of hydrogen-bond donors (Lipinski definition) is 2. The van der Waals surface area contributed by atoms with Crippen molar-refractivity contribution in [2.24, 2.45) is 5.92 Å². The zero-order valence-corrected chi connectivity index (χ0v) is 14.7. The summed E-state index contributed by atoms with van der Waals surface area (Å²) in [4.78, 5) is 12.3. The van der Waals surface area contributed by atoms with Crippen LogP contribution >= 0.6 is 12.4 Å². The molecule has 3 nitrogen and oxygen atoms in total. The first-order valence-electron chi connectivity index (χ1n) is 8.11. The molecule has 0 aliphatic carbocycles. The topological polar surface area (TPSA) is 41.1 Å². The Labute approximate surface area is 152 Å². The van der Waals surface area contributed by atoms with E-state index in [0.29, 0.717) is 23.6 Å². The quantitative estimate of drug-likeness (QED) is 0.868. The molecule has 6 heteroatoms. The Morgan fingerprint density at radius 3 is 2.44 bits per heavy atom. The molecule has 1 aliphatic rings. The molecular weight excluding hydrogens is 346 g/mol. The van der Waals surface area contributed by atoms with Gasteiger partial charge < -0.3 is 10.6 Å². The van der Waals surface area contributed by atoms with Crippen LogP contribution in [0.15, 0.2) is 42.5 Å². The lowest BCUT2D eigenvalue weighted by Gasteiger charge is -2.30. The number of rotatable bonds is 3. The Morgan fingerprint density at radius 1 is 1.12 bits per heavy atom. The first kappa shape index (κ1) is 19.3. The highest BCUT2D eigenvalue weighted by Crippen LogP contribution is 2.22. The summed E-state index contributed by atoms with van der Waals surface area (Å²) in [5.74, 6) is -0.966. The predicted octanol–water partition coefficient (Wildman–Crippen LogP) is 3.78. The number of carbonyl (C=O) groups is 1. The van der Waals surface area contributed by atoms with Crippen molar-refractivity contribution in [3.05, 3.63) is 59.7 Å². The molecule has 0 aromatic heterocycles. The van der Waals surface area contributed by atoms with E-state index in [4.69, 9.17) is 0 Å². The summed E-state index contributed by atoms with van der Waals surface area (Å²) in [6.45, 7) is 3.72. The first-order chi connectivity index (χ1) is 11.5. The van der Waals surface area contributed by atoms with Crippen LogP contribution in [0.4, 0.5) is 8.78 Å². The van der Waals surface area contributed by atoms with Crippen molar-refractivity contribution in [1.29, 1.82) is 0 Å². The zero-order valence-electron chi connectivity index (χ0n) is 13.9. The van der Waals surface area contributed by atoms with E-state index in [-0.39, 0.29) is 29.8 Å². The van der Waals surface area contributed by atoms with Gasteiger partial charge in [0.1, 0.15) is 11.6 Å². The maximum Gasteiger partial charge on any atom is 0.254 e. The summed E-state index contributed by atoms with van der Waals surface area (Å²) >= 11 is 0. The molecule has 2 aromatic rings. The van der Waals surface area contributed by atoms with Gasteiger partial charge in [0.15, 0.2) is 0 Å². The molecule has 2 N–H and O–H groups in total. The monoisotopic (exact) mass is 366 g/mol. The lowest BCUT2D eigenvalue weighted by molar-refractivity contribution is 0.0911. The summed E-state index contributed by atoms with van der Waals surface area (Å²) in [5, 5.41) is 6.13. The molecule has 134 valence electrons. The van der Waals surface area contributed by atoms with E-state index < -0.39 is 11.7 Å². The normalized spacial score (nSPS) is 19.8. The minimum atomic E-state index is -0.578. The van der Waals surface area contributed by atoms with E-state index >= 15 is 0 Å². The SMILES string of the molecule is CC1CCNCC1NC(=O)c1ccc(-c2ccc(F)cc2)cc1F.Cl. The van der Waals surface area contributed by atoms with Crippen LogP contribution in [0.2, 0.25) is 0 Å². The van der Waals surface area contributed by atoms with Crippen molar-refractivity contribution >= 4 is 18.3 Å². The highest BCUT2D eigenvalue weighted by molar-refractivity contribution is 5.95. The molecule has 0 bridgehead atoms. The second-order valence-electron chi connectivity index (χ2n) is 6.25. The second kappa shape index (κ2) is 8.41. The number of piperidine rings is 1. The summed E-state index contributed by atoms with van der Waals surface area (Å²) in [6.07, 6.45) is 0.983. The van der Waals surface area contributed by atoms with Crippen molar-refractivity contribution in [2.45, 2.75) is 19.4 Å². The van der Waals surface area contributed by atoms with E-state index in [9.17, 15) is 13.6 Å². The first-order valence-corrected chi connectivity index (χ1v) is 8.11. The van der Waals surface area contributed by atoms with E-state index in [1.807, 2.05) is 0 Å². The lowest BCUT2D eigenvalue weighted by atomic mass is 9.94. The fourth-order valence-corrected chi connectivity index (χ4v) is 2.95. The molecule has 1 heterocycles. The average molecular weight is 367 g/mol. The highest BCUT2D eigenvalue weighted by atomic mass is 35.5. The molecule has 1 amide bonds. The molecule has 0 saturated carbocycles. The highest BCUT2D eigenvalue weighted by Gasteiger charge is 2.24. The van der Waals surface area contributed by atoms with Gasteiger partial charge in [0, 0.05) is 12.6 Å². The number of halogens is 3. The van der Waals surface area contributed by atoms with Crippen molar-refractivity contribution in [3.63, 3.8) is 0 Å². The van der Waals surface area contributed by atoms with Crippen molar-refractivity contribution < 1.29 is 13.6 Å². The van der Waals surface area contributed by atoms with Crippen LogP contribution in [-0.4, -0.2) is 25.0 Å². The Morgan fingerprint density at radius 2 is 1.80 bits per heavy atom. The zero-order chi connectivity index (χ0) is 17.1. The van der Waals surface area contributed by atoms with Crippen LogP contribution in [0, 0.1) is 17.6 Å². The second-order valence-corrected chi connectivity index (χ2v) is 6.25. The van der Waals surface area contributed by atoms with Crippen molar-refractivity contribution in [1.82, 2.24) is 10.6 Å². The molecular formula is C19H21ClF2N2O. The molecule has 0 radical (unpaired) electrons. The van der Waals surface area contributed by atoms with Crippen LogP contribution in [0.1, 0.15) is 23.7 Å². The van der Waals surface area contributed by atoms with E-state index in [1.54, 1.807) is 18.2 Å². The molecule has 2 atom stereocenters. The van der Waals surface area contributed by atoms with Gasteiger partial charge in [-0.15, -0.1) is 12.4 Å². The fraction of sp³-hybridized carbons (Fsp3) is 0.316. The largest absolute Gasteiger partial charge is 0.348 e. The summed E-state index contributed by atoms with van der Waals surface area (Å²) in [7, 11) is 0. The lowest BCUT2D eigenvalue weighted by Crippen LogP contribution is -2.50. The molecule has 2 aromatic carbocycles. The molecule has 3 rings (SSSR count). The standard InChI is InChI=1S/C19H20F2N2O.ClH/c1-12-8-9-22-11-18(12)23-19(24)16-7-4-14(10-17(16)21)13-2-5-15(20)6-3-13;/h2-7,10,12,18,22H,8-9,11H2,1H3,(H,23,24);1H. The van der Waals surface area contributed by atoms with E-state index in [2.05, 4.69) is 17.6 Å². The molecule has 2 unspecified atom stereocenters. The Bertz CT molecular complexity index is 737. The van der Waals surface area contributed by atoms with Gasteiger partial charge in [-0.05, 0) is 54.3 Å². The maximum absolute atomic E-state index is 14.4. The minimum absolute atomic E-state index is 0. The van der Waals surface area contributed by atoms with Gasteiger partial charge in [-0.2, -0.15) is 0 Å². The van der Waals surface area contributed by atoms with Crippen LogP contribution < -0.4 is 10.6 Å². The van der Waals surface area contributed by atoms with Crippen LogP contribution in [-0.2, 0) is 0 Å². The summed E-state index contributed by atoms with van der Waals surface area (Å²) < 4.78 is 27.3. The maximum atomic E-state index is 14.4.